The molecule has 2 heterocycles. The number of rotatable bonds is 2. The summed E-state index contributed by atoms with van der Waals surface area (Å²) in [7, 11) is 0. The van der Waals surface area contributed by atoms with Crippen LogP contribution < -0.4 is 0 Å². The van der Waals surface area contributed by atoms with E-state index in [4.69, 9.17) is 5.26 Å². The minimum atomic E-state index is -0.358. The number of hydrogen-bond acceptors (Lipinski definition) is 4. The van der Waals surface area contributed by atoms with Gasteiger partial charge in [0.15, 0.2) is 0 Å². The van der Waals surface area contributed by atoms with Gasteiger partial charge in [0.1, 0.15) is 12.3 Å². The highest BCUT2D eigenvalue weighted by molar-refractivity contribution is 8.01. The Kier molecular flexibility index (Phi) is 2.27. The maximum atomic E-state index is 11.7. The van der Waals surface area contributed by atoms with Crippen molar-refractivity contribution >= 4 is 24.0 Å². The lowest BCUT2D eigenvalue weighted by Crippen LogP contribution is -2.60. The van der Waals surface area contributed by atoms with Gasteiger partial charge in [-0.3, -0.25) is 4.79 Å². The van der Waals surface area contributed by atoms with Crippen molar-refractivity contribution in [2.75, 3.05) is 0 Å². The second kappa shape index (κ2) is 3.24. The van der Waals surface area contributed by atoms with Crippen molar-refractivity contribution in [1.82, 2.24) is 4.90 Å². The molecule has 3 atom stereocenters. The first-order valence-electron chi connectivity index (χ1n) is 4.86. The molecule has 2 fully saturated rings. The number of nitriles is 1. The molecule has 15 heavy (non-hydrogen) atoms. The Morgan fingerprint density at radius 1 is 1.67 bits per heavy atom. The molecule has 0 spiro atoms. The molecule has 4 nitrogen and oxygen atoms in total. The molecule has 80 valence electrons. The van der Waals surface area contributed by atoms with Crippen molar-refractivity contribution in [3.63, 3.8) is 0 Å². The molecule has 0 aromatic rings. The van der Waals surface area contributed by atoms with E-state index in [2.05, 4.69) is 6.07 Å². The van der Waals surface area contributed by atoms with E-state index >= 15 is 0 Å². The third kappa shape index (κ3) is 1.28. The van der Waals surface area contributed by atoms with E-state index in [1.165, 1.54) is 0 Å². The normalized spacial score (nSPS) is 36.7. The Balaban J connectivity index is 2.22. The van der Waals surface area contributed by atoms with Crippen LogP contribution in [-0.2, 0) is 9.59 Å². The van der Waals surface area contributed by atoms with Crippen LogP contribution in [-0.4, -0.2) is 33.3 Å². The summed E-state index contributed by atoms with van der Waals surface area (Å²) in [5.74, 6) is -0.248. The van der Waals surface area contributed by atoms with Crippen molar-refractivity contribution < 1.29 is 9.59 Å². The highest BCUT2D eigenvalue weighted by atomic mass is 32.2. The molecule has 0 bridgehead atoms. The van der Waals surface area contributed by atoms with Gasteiger partial charge in [-0.15, -0.1) is 11.8 Å². The molecule has 1 amide bonds. The van der Waals surface area contributed by atoms with E-state index in [1.807, 2.05) is 13.8 Å². The number of carbonyl (C=O) groups excluding carboxylic acids is 2. The number of aldehydes is 1. The standard InChI is InChI=1S/C10H12N2O2S/c1-10(2)7(5-11)12-8(14)6(3-4-13)9(12)15-10/h4,6-7,9H,3H2,1-2H3/t6-,7+,9-/m1/s1. The fraction of sp³-hybridized carbons (Fsp3) is 0.700. The summed E-state index contributed by atoms with van der Waals surface area (Å²) < 4.78 is -0.229. The molecule has 0 saturated carbocycles. The Morgan fingerprint density at radius 3 is 2.87 bits per heavy atom. The van der Waals surface area contributed by atoms with Crippen LogP contribution in [0.15, 0.2) is 0 Å². The van der Waals surface area contributed by atoms with E-state index in [1.54, 1.807) is 16.7 Å². The lowest BCUT2D eigenvalue weighted by molar-refractivity contribution is -0.152. The zero-order chi connectivity index (χ0) is 11.2. The first kappa shape index (κ1) is 10.5. The molecule has 0 aliphatic carbocycles. The van der Waals surface area contributed by atoms with Crippen molar-refractivity contribution in [3.8, 4) is 6.07 Å². The maximum Gasteiger partial charge on any atom is 0.231 e. The largest absolute Gasteiger partial charge is 0.312 e. The second-order valence-corrected chi connectivity index (χ2v) is 6.17. The highest BCUT2D eigenvalue weighted by Gasteiger charge is 2.61. The van der Waals surface area contributed by atoms with E-state index in [9.17, 15) is 9.59 Å². The summed E-state index contributed by atoms with van der Waals surface area (Å²) in [4.78, 5) is 23.7. The van der Waals surface area contributed by atoms with Gasteiger partial charge in [-0.25, -0.2) is 0 Å². The Hall–Kier alpha value is -1.02. The molecule has 0 N–H and O–H groups in total. The molecule has 0 radical (unpaired) electrons. The number of β-lactam (4-membered cyclic amide) rings is 1. The third-order valence-corrected chi connectivity index (χ3v) is 4.65. The average Bonchev–Trinajstić information content (AvgIpc) is 2.43. The van der Waals surface area contributed by atoms with Crippen LogP contribution in [0.2, 0.25) is 0 Å². The molecule has 5 heteroatoms. The van der Waals surface area contributed by atoms with Gasteiger partial charge in [0.05, 0.1) is 17.4 Å². The van der Waals surface area contributed by atoms with Crippen molar-refractivity contribution in [2.24, 2.45) is 5.92 Å². The molecule has 2 saturated heterocycles. The van der Waals surface area contributed by atoms with Crippen LogP contribution in [0, 0.1) is 17.2 Å². The van der Waals surface area contributed by atoms with E-state index in [0.717, 1.165) is 6.29 Å². The number of nitrogens with zero attached hydrogens (tertiary/aromatic N) is 2. The van der Waals surface area contributed by atoms with Gasteiger partial charge < -0.3 is 9.69 Å². The Labute approximate surface area is 92.6 Å². The summed E-state index contributed by atoms with van der Waals surface area (Å²) in [6, 6.07) is 1.82. The van der Waals surface area contributed by atoms with Gasteiger partial charge in [-0.2, -0.15) is 5.26 Å². The highest BCUT2D eigenvalue weighted by Crippen LogP contribution is 2.53. The lowest BCUT2D eigenvalue weighted by Gasteiger charge is -2.42. The topological polar surface area (TPSA) is 61.2 Å². The van der Waals surface area contributed by atoms with Gasteiger partial charge >= 0.3 is 0 Å². The second-order valence-electron chi connectivity index (χ2n) is 4.40. The van der Waals surface area contributed by atoms with Gasteiger partial charge in [-0.05, 0) is 13.8 Å². The summed E-state index contributed by atoms with van der Waals surface area (Å²) in [5, 5.41) is 9.06. The smallest absolute Gasteiger partial charge is 0.231 e. The maximum absolute atomic E-state index is 11.7. The molecule has 0 aromatic carbocycles. The van der Waals surface area contributed by atoms with Gasteiger partial charge in [0.25, 0.3) is 0 Å². The van der Waals surface area contributed by atoms with E-state index in [0.29, 0.717) is 0 Å². The van der Waals surface area contributed by atoms with E-state index in [-0.39, 0.29) is 34.4 Å². The lowest BCUT2D eigenvalue weighted by atomic mass is 9.90. The number of carbonyl (C=O) groups is 2. The summed E-state index contributed by atoms with van der Waals surface area (Å²) in [5.41, 5.74) is 0. The minimum absolute atomic E-state index is 0.0300. The first-order valence-corrected chi connectivity index (χ1v) is 5.74. The average molecular weight is 224 g/mol. The summed E-state index contributed by atoms with van der Waals surface area (Å²) >= 11 is 1.63. The van der Waals surface area contributed by atoms with Crippen molar-refractivity contribution in [3.05, 3.63) is 0 Å². The molecule has 0 unspecified atom stereocenters. The molecule has 0 aromatic heterocycles. The molecule has 2 rings (SSSR count). The van der Waals surface area contributed by atoms with Crippen LogP contribution in [0.25, 0.3) is 0 Å². The zero-order valence-electron chi connectivity index (χ0n) is 8.64. The SMILES string of the molecule is CC1(C)S[C@@H]2[C@H](CC=O)C(=O)N2[C@H]1C#N. The monoisotopic (exact) mass is 224 g/mol. The fourth-order valence-corrected chi connectivity index (χ4v) is 3.86. The quantitative estimate of drug-likeness (QED) is 0.513. The van der Waals surface area contributed by atoms with Crippen molar-refractivity contribution in [2.45, 2.75) is 36.4 Å². The van der Waals surface area contributed by atoms with Crippen LogP contribution in [0.4, 0.5) is 0 Å². The molecule has 2 aliphatic heterocycles. The van der Waals surface area contributed by atoms with Gasteiger partial charge in [0, 0.05) is 11.2 Å². The number of amides is 1. The predicted octanol–water partition coefficient (Wildman–Crippen LogP) is 0.777. The van der Waals surface area contributed by atoms with Crippen LogP contribution >= 0.6 is 11.8 Å². The summed E-state index contributed by atoms with van der Waals surface area (Å²) in [6.45, 7) is 3.93. The third-order valence-electron chi connectivity index (χ3n) is 3.02. The number of thioether (sulfide) groups is 1. The molecular formula is C10H12N2O2S. The fourth-order valence-electron chi connectivity index (χ4n) is 2.21. The van der Waals surface area contributed by atoms with Crippen molar-refractivity contribution in [1.29, 1.82) is 5.26 Å². The molecular weight excluding hydrogens is 212 g/mol. The van der Waals surface area contributed by atoms with Crippen LogP contribution in [0.3, 0.4) is 0 Å². The molecule has 2 aliphatic rings. The predicted molar refractivity (Wildman–Crippen MR) is 55.9 cm³/mol. The number of fused-ring (bicyclic) bond motifs is 1. The minimum Gasteiger partial charge on any atom is -0.312 e. The Bertz CT molecular complexity index is 361. The van der Waals surface area contributed by atoms with Gasteiger partial charge in [0.2, 0.25) is 5.91 Å². The number of hydrogen-bond donors (Lipinski definition) is 0. The Morgan fingerprint density at radius 2 is 2.33 bits per heavy atom. The van der Waals surface area contributed by atoms with Gasteiger partial charge in [-0.1, -0.05) is 0 Å². The van der Waals surface area contributed by atoms with Crippen LogP contribution in [0.5, 0.6) is 0 Å². The van der Waals surface area contributed by atoms with E-state index < -0.39 is 0 Å². The first-order chi connectivity index (χ1) is 7.03. The summed E-state index contributed by atoms with van der Waals surface area (Å²) in [6.07, 6.45) is 1.06. The zero-order valence-corrected chi connectivity index (χ0v) is 9.45. The van der Waals surface area contributed by atoms with Crippen LogP contribution in [0.1, 0.15) is 20.3 Å².